The monoisotopic (exact) mass is 318 g/mol. The predicted molar refractivity (Wildman–Crippen MR) is 88.6 cm³/mol. The summed E-state index contributed by atoms with van der Waals surface area (Å²) in [5.41, 5.74) is 5.69. The van der Waals surface area contributed by atoms with E-state index in [-0.39, 0.29) is 12.5 Å². The van der Waals surface area contributed by atoms with Crippen LogP contribution in [0.25, 0.3) is 0 Å². The van der Waals surface area contributed by atoms with Gasteiger partial charge in [0.2, 0.25) is 5.91 Å². The minimum Gasteiger partial charge on any atom is -0.480 e. The number of thioether (sulfide) groups is 1. The summed E-state index contributed by atoms with van der Waals surface area (Å²) >= 11 is 1.66. The van der Waals surface area contributed by atoms with Gasteiger partial charge in [0.25, 0.3) is 0 Å². The molecule has 0 aromatic rings. The van der Waals surface area contributed by atoms with E-state index in [0.717, 1.165) is 12.2 Å². The quantitative estimate of drug-likeness (QED) is 0.428. The minimum atomic E-state index is -1.05. The number of hydrogen-bond acceptors (Lipinski definition) is 4. The van der Waals surface area contributed by atoms with Crippen molar-refractivity contribution in [2.45, 2.75) is 64.3 Å². The molecule has 0 unspecified atom stereocenters. The van der Waals surface area contributed by atoms with E-state index in [0.29, 0.717) is 5.75 Å². The van der Waals surface area contributed by atoms with Gasteiger partial charge in [-0.15, -0.1) is 0 Å². The van der Waals surface area contributed by atoms with Gasteiger partial charge in [-0.3, -0.25) is 9.59 Å². The van der Waals surface area contributed by atoms with Gasteiger partial charge in [0.15, 0.2) is 0 Å². The van der Waals surface area contributed by atoms with Crippen LogP contribution in [0.5, 0.6) is 0 Å². The van der Waals surface area contributed by atoms with E-state index in [1.165, 1.54) is 44.9 Å². The molecule has 0 saturated carbocycles. The van der Waals surface area contributed by atoms with Crippen molar-refractivity contribution in [3.63, 3.8) is 0 Å². The van der Waals surface area contributed by atoms with E-state index in [2.05, 4.69) is 12.2 Å². The summed E-state index contributed by atoms with van der Waals surface area (Å²) in [6.45, 7) is 1.86. The van der Waals surface area contributed by atoms with Crippen LogP contribution in [0.15, 0.2) is 0 Å². The first-order valence-corrected chi connectivity index (χ1v) is 9.06. The van der Waals surface area contributed by atoms with Crippen molar-refractivity contribution in [1.82, 2.24) is 5.32 Å². The molecule has 0 aromatic carbocycles. The molecule has 0 aliphatic carbocycles. The van der Waals surface area contributed by atoms with Gasteiger partial charge in [-0.2, -0.15) is 11.8 Å². The maximum atomic E-state index is 11.4. The van der Waals surface area contributed by atoms with Crippen molar-refractivity contribution in [3.8, 4) is 0 Å². The second-order valence-corrected chi connectivity index (χ2v) is 6.42. The first-order valence-electron chi connectivity index (χ1n) is 7.90. The largest absolute Gasteiger partial charge is 0.480 e. The molecule has 1 amide bonds. The number of carbonyl (C=O) groups excluding carboxylic acids is 1. The number of nitrogens with two attached hydrogens (primary N) is 1. The van der Waals surface area contributed by atoms with Crippen molar-refractivity contribution in [2.75, 3.05) is 18.1 Å². The lowest BCUT2D eigenvalue weighted by Gasteiger charge is -2.10. The first kappa shape index (κ1) is 20.2. The van der Waals surface area contributed by atoms with Crippen molar-refractivity contribution < 1.29 is 14.7 Å². The number of carboxylic acids is 1. The maximum Gasteiger partial charge on any atom is 0.322 e. The van der Waals surface area contributed by atoms with Crippen LogP contribution < -0.4 is 11.1 Å². The molecule has 0 radical (unpaired) electrons. The summed E-state index contributed by atoms with van der Waals surface area (Å²) in [7, 11) is 0. The molecule has 0 aromatic heterocycles. The highest BCUT2D eigenvalue weighted by atomic mass is 32.2. The molecule has 124 valence electrons. The molecule has 0 aliphatic rings. The molecule has 0 fully saturated rings. The molecule has 1 atom stereocenters. The zero-order valence-corrected chi connectivity index (χ0v) is 13.9. The number of carbonyl (C=O) groups is 2. The summed E-state index contributed by atoms with van der Waals surface area (Å²) < 4.78 is 0. The number of unbranched alkanes of at least 4 members (excludes halogenated alkanes) is 7. The van der Waals surface area contributed by atoms with Crippen LogP contribution in [-0.4, -0.2) is 41.1 Å². The van der Waals surface area contributed by atoms with E-state index < -0.39 is 12.0 Å². The number of rotatable bonds is 14. The molecule has 5 nitrogen and oxygen atoms in total. The summed E-state index contributed by atoms with van der Waals surface area (Å²) in [6.07, 6.45) is 10.3. The number of hydrogen-bond donors (Lipinski definition) is 3. The smallest absolute Gasteiger partial charge is 0.322 e. The van der Waals surface area contributed by atoms with E-state index in [1.54, 1.807) is 11.8 Å². The van der Waals surface area contributed by atoms with Crippen LogP contribution in [0, 0.1) is 0 Å². The van der Waals surface area contributed by atoms with Crippen LogP contribution in [0.3, 0.4) is 0 Å². The summed E-state index contributed by atoms with van der Waals surface area (Å²) in [5, 5.41) is 10.7. The fraction of sp³-hybridized carbons (Fsp3) is 0.867. The third-order valence-corrected chi connectivity index (χ3v) is 4.36. The predicted octanol–water partition coefficient (Wildman–Crippen LogP) is 2.39. The van der Waals surface area contributed by atoms with Gasteiger partial charge in [0.05, 0.1) is 6.04 Å². The SMILES string of the molecule is CCCCCCCCCCSC[C@H](N)C(=O)NCC(=O)O. The van der Waals surface area contributed by atoms with E-state index in [9.17, 15) is 9.59 Å². The fourth-order valence-electron chi connectivity index (χ4n) is 1.92. The van der Waals surface area contributed by atoms with Crippen molar-refractivity contribution in [1.29, 1.82) is 0 Å². The Balaban J connectivity index is 3.33. The topological polar surface area (TPSA) is 92.4 Å². The Morgan fingerprint density at radius 1 is 1.10 bits per heavy atom. The molecular weight excluding hydrogens is 288 g/mol. The molecular formula is C15H30N2O3S. The normalized spacial score (nSPS) is 12.1. The highest BCUT2D eigenvalue weighted by molar-refractivity contribution is 7.99. The highest BCUT2D eigenvalue weighted by Crippen LogP contribution is 2.11. The Hall–Kier alpha value is -0.750. The molecule has 0 spiro atoms. The van der Waals surface area contributed by atoms with E-state index in [1.807, 2.05) is 0 Å². The highest BCUT2D eigenvalue weighted by Gasteiger charge is 2.13. The van der Waals surface area contributed by atoms with Gasteiger partial charge in [-0.1, -0.05) is 51.9 Å². The van der Waals surface area contributed by atoms with Gasteiger partial charge in [0.1, 0.15) is 6.54 Å². The average molecular weight is 318 g/mol. The lowest BCUT2D eigenvalue weighted by atomic mass is 10.1. The second kappa shape index (κ2) is 14.2. The third-order valence-electron chi connectivity index (χ3n) is 3.19. The standard InChI is InChI=1S/C15H30N2O3S/c1-2-3-4-5-6-7-8-9-10-21-12-13(16)15(20)17-11-14(18)19/h13H,2-12,16H2,1H3,(H,17,20)(H,18,19)/t13-/m0/s1. The fourth-order valence-corrected chi connectivity index (χ4v) is 2.90. The van der Waals surface area contributed by atoms with Crippen LogP contribution in [0.1, 0.15) is 58.3 Å². The van der Waals surface area contributed by atoms with Gasteiger partial charge in [-0.25, -0.2) is 0 Å². The molecule has 4 N–H and O–H groups in total. The summed E-state index contributed by atoms with van der Waals surface area (Å²) in [6, 6.07) is -0.622. The number of amides is 1. The van der Waals surface area contributed by atoms with Crippen LogP contribution in [0.4, 0.5) is 0 Å². The third kappa shape index (κ3) is 14.0. The van der Waals surface area contributed by atoms with Gasteiger partial charge in [0, 0.05) is 5.75 Å². The average Bonchev–Trinajstić information content (AvgIpc) is 2.46. The van der Waals surface area contributed by atoms with Gasteiger partial charge >= 0.3 is 5.97 Å². The summed E-state index contributed by atoms with van der Waals surface area (Å²) in [5.74, 6) is 0.111. The molecule has 0 bridgehead atoms. The molecule has 0 aliphatic heterocycles. The molecule has 6 heteroatoms. The maximum absolute atomic E-state index is 11.4. The van der Waals surface area contributed by atoms with Gasteiger partial charge < -0.3 is 16.2 Å². The number of aliphatic carboxylic acids is 1. The van der Waals surface area contributed by atoms with Crippen molar-refractivity contribution in [3.05, 3.63) is 0 Å². The second-order valence-electron chi connectivity index (χ2n) is 5.27. The summed E-state index contributed by atoms with van der Waals surface area (Å²) in [4.78, 5) is 21.7. The molecule has 0 rings (SSSR count). The number of carboxylic acid groups (broad SMARTS) is 1. The van der Waals surface area contributed by atoms with Crippen LogP contribution >= 0.6 is 11.8 Å². The van der Waals surface area contributed by atoms with Gasteiger partial charge in [-0.05, 0) is 12.2 Å². The zero-order chi connectivity index (χ0) is 15.9. The van der Waals surface area contributed by atoms with E-state index >= 15 is 0 Å². The zero-order valence-electron chi connectivity index (χ0n) is 13.1. The van der Waals surface area contributed by atoms with Crippen molar-refractivity contribution >= 4 is 23.6 Å². The Bertz CT molecular complexity index is 288. The number of nitrogens with one attached hydrogen (secondary N) is 1. The Labute approximate surface area is 132 Å². The van der Waals surface area contributed by atoms with Crippen LogP contribution in [-0.2, 0) is 9.59 Å². The lowest BCUT2D eigenvalue weighted by molar-refractivity contribution is -0.138. The molecule has 0 saturated heterocycles. The Morgan fingerprint density at radius 3 is 2.24 bits per heavy atom. The Kier molecular flexibility index (Phi) is 13.7. The molecule has 0 heterocycles. The molecule has 21 heavy (non-hydrogen) atoms. The Morgan fingerprint density at radius 2 is 1.67 bits per heavy atom. The minimum absolute atomic E-state index is 0.366. The van der Waals surface area contributed by atoms with E-state index in [4.69, 9.17) is 10.8 Å². The van der Waals surface area contributed by atoms with Crippen LogP contribution in [0.2, 0.25) is 0 Å². The van der Waals surface area contributed by atoms with Crippen molar-refractivity contribution in [2.24, 2.45) is 5.73 Å². The lowest BCUT2D eigenvalue weighted by Crippen LogP contribution is -2.44. The first-order chi connectivity index (χ1) is 10.1.